The van der Waals surface area contributed by atoms with Crippen LogP contribution in [0, 0.1) is 5.92 Å². The molecule has 1 aliphatic rings. The molecule has 1 fully saturated rings. The maximum absolute atomic E-state index is 11.4. The van der Waals surface area contributed by atoms with Gasteiger partial charge >= 0.3 is 0 Å². The number of hydrogen-bond donors (Lipinski definition) is 0. The first-order valence-electron chi connectivity index (χ1n) is 3.96. The van der Waals surface area contributed by atoms with Gasteiger partial charge in [-0.1, -0.05) is 5.57 Å². The van der Waals surface area contributed by atoms with E-state index in [9.17, 15) is 4.79 Å². The minimum Gasteiger partial charge on any atom is -0.295 e. The minimum absolute atomic E-state index is 0.315. The van der Waals surface area contributed by atoms with Crippen molar-refractivity contribution in [3.63, 3.8) is 0 Å². The third-order valence-electron chi connectivity index (χ3n) is 1.76. The van der Waals surface area contributed by atoms with Crippen LogP contribution in [-0.2, 0) is 4.79 Å². The molecule has 1 saturated heterocycles. The molecule has 0 radical (unpaired) electrons. The number of hydrogen-bond acceptors (Lipinski definition) is 2. The van der Waals surface area contributed by atoms with E-state index in [0.29, 0.717) is 11.7 Å². The summed E-state index contributed by atoms with van der Waals surface area (Å²) in [6.07, 6.45) is 2.85. The van der Waals surface area contributed by atoms with Crippen LogP contribution < -0.4 is 0 Å². The van der Waals surface area contributed by atoms with Gasteiger partial charge in [0, 0.05) is 11.7 Å². The highest BCUT2D eigenvalue weighted by Gasteiger charge is 2.20. The minimum atomic E-state index is 0.315. The molecular formula is C9H14OS. The second-order valence-electron chi connectivity index (χ2n) is 3.18. The van der Waals surface area contributed by atoms with Crippen LogP contribution in [-0.4, -0.2) is 17.3 Å². The van der Waals surface area contributed by atoms with Gasteiger partial charge in [0.2, 0.25) is 0 Å². The summed E-state index contributed by atoms with van der Waals surface area (Å²) in [7, 11) is 0. The Morgan fingerprint density at radius 2 is 2.27 bits per heavy atom. The monoisotopic (exact) mass is 170 g/mol. The standard InChI is InChI=1S/C9H14OS/c1-7(2)5-9(10)8-3-4-11-6-8/h5,8H,3-4,6H2,1-2H3. The average Bonchev–Trinajstić information content (AvgIpc) is 2.35. The van der Waals surface area contributed by atoms with E-state index in [4.69, 9.17) is 0 Å². The van der Waals surface area contributed by atoms with E-state index in [-0.39, 0.29) is 0 Å². The van der Waals surface area contributed by atoms with Gasteiger partial charge < -0.3 is 0 Å². The van der Waals surface area contributed by atoms with Crippen molar-refractivity contribution in [1.29, 1.82) is 0 Å². The molecule has 0 aliphatic carbocycles. The van der Waals surface area contributed by atoms with Gasteiger partial charge in [0.15, 0.2) is 5.78 Å². The van der Waals surface area contributed by atoms with Crippen molar-refractivity contribution in [2.24, 2.45) is 5.92 Å². The summed E-state index contributed by atoms with van der Waals surface area (Å²) >= 11 is 1.89. The summed E-state index contributed by atoms with van der Waals surface area (Å²) < 4.78 is 0. The summed E-state index contributed by atoms with van der Waals surface area (Å²) in [6, 6.07) is 0. The van der Waals surface area contributed by atoms with E-state index < -0.39 is 0 Å². The predicted octanol–water partition coefficient (Wildman–Crippen LogP) is 2.27. The first-order valence-corrected chi connectivity index (χ1v) is 5.12. The summed E-state index contributed by atoms with van der Waals surface area (Å²) in [6.45, 7) is 3.94. The lowest BCUT2D eigenvalue weighted by Gasteiger charge is -2.01. The highest BCUT2D eigenvalue weighted by atomic mass is 32.2. The molecule has 1 aliphatic heterocycles. The third-order valence-corrected chi connectivity index (χ3v) is 2.93. The predicted molar refractivity (Wildman–Crippen MR) is 49.9 cm³/mol. The zero-order valence-electron chi connectivity index (χ0n) is 7.09. The zero-order chi connectivity index (χ0) is 8.27. The smallest absolute Gasteiger partial charge is 0.159 e. The lowest BCUT2D eigenvalue weighted by molar-refractivity contribution is -0.117. The molecule has 2 heteroatoms. The van der Waals surface area contributed by atoms with Crippen LogP contribution in [0.4, 0.5) is 0 Å². The number of carbonyl (C=O) groups excluding carboxylic acids is 1. The lowest BCUT2D eigenvalue weighted by atomic mass is 10.0. The summed E-state index contributed by atoms with van der Waals surface area (Å²) in [5.41, 5.74) is 1.12. The Labute approximate surface area is 72.2 Å². The molecule has 1 unspecified atom stereocenters. The van der Waals surface area contributed by atoms with E-state index in [1.54, 1.807) is 6.08 Å². The summed E-state index contributed by atoms with van der Waals surface area (Å²) in [4.78, 5) is 11.4. The highest BCUT2D eigenvalue weighted by molar-refractivity contribution is 7.99. The largest absolute Gasteiger partial charge is 0.295 e. The third kappa shape index (κ3) is 2.70. The normalized spacial score (nSPS) is 23.3. The molecule has 0 spiro atoms. The lowest BCUT2D eigenvalue weighted by Crippen LogP contribution is -2.10. The molecule has 0 aromatic rings. The van der Waals surface area contributed by atoms with E-state index in [1.807, 2.05) is 25.6 Å². The Kier molecular flexibility index (Phi) is 3.18. The van der Waals surface area contributed by atoms with Gasteiger partial charge in [0.25, 0.3) is 0 Å². The Hall–Kier alpha value is -0.240. The Morgan fingerprint density at radius 1 is 1.55 bits per heavy atom. The van der Waals surface area contributed by atoms with Crippen LogP contribution in [0.25, 0.3) is 0 Å². The topological polar surface area (TPSA) is 17.1 Å². The second kappa shape index (κ2) is 3.96. The molecule has 1 rings (SSSR count). The first kappa shape index (κ1) is 8.85. The number of ketones is 1. The molecule has 0 N–H and O–H groups in total. The zero-order valence-corrected chi connectivity index (χ0v) is 7.91. The van der Waals surface area contributed by atoms with Gasteiger partial charge in [-0.2, -0.15) is 11.8 Å². The van der Waals surface area contributed by atoms with Gasteiger partial charge in [-0.05, 0) is 32.1 Å². The average molecular weight is 170 g/mol. The van der Waals surface area contributed by atoms with Crippen molar-refractivity contribution in [3.05, 3.63) is 11.6 Å². The van der Waals surface area contributed by atoms with Gasteiger partial charge in [0.05, 0.1) is 0 Å². The van der Waals surface area contributed by atoms with Gasteiger partial charge in [-0.25, -0.2) is 0 Å². The fraction of sp³-hybridized carbons (Fsp3) is 0.667. The fourth-order valence-electron chi connectivity index (χ4n) is 1.16. The highest BCUT2D eigenvalue weighted by Crippen LogP contribution is 2.24. The molecule has 0 aromatic heterocycles. The fourth-order valence-corrected chi connectivity index (χ4v) is 2.39. The molecule has 0 aromatic carbocycles. The number of rotatable bonds is 2. The SMILES string of the molecule is CC(C)=CC(=O)C1CCSC1. The number of thioether (sulfide) groups is 1. The van der Waals surface area contributed by atoms with E-state index in [1.165, 1.54) is 0 Å². The van der Waals surface area contributed by atoms with Crippen molar-refractivity contribution < 1.29 is 4.79 Å². The quantitative estimate of drug-likeness (QED) is 0.591. The molecule has 0 bridgehead atoms. The molecule has 0 amide bonds. The van der Waals surface area contributed by atoms with Crippen molar-refractivity contribution >= 4 is 17.5 Å². The van der Waals surface area contributed by atoms with E-state index in [0.717, 1.165) is 23.5 Å². The molecule has 11 heavy (non-hydrogen) atoms. The van der Waals surface area contributed by atoms with Gasteiger partial charge in [-0.3, -0.25) is 4.79 Å². The van der Waals surface area contributed by atoms with Crippen molar-refractivity contribution in [2.45, 2.75) is 20.3 Å². The van der Waals surface area contributed by atoms with Crippen molar-refractivity contribution in [3.8, 4) is 0 Å². The molecule has 1 nitrogen and oxygen atoms in total. The van der Waals surface area contributed by atoms with E-state index in [2.05, 4.69) is 0 Å². The molecular weight excluding hydrogens is 156 g/mol. The Bertz CT molecular complexity index is 174. The van der Waals surface area contributed by atoms with Crippen LogP contribution in [0.15, 0.2) is 11.6 Å². The Balaban J connectivity index is 2.47. The molecule has 1 heterocycles. The summed E-state index contributed by atoms with van der Waals surface area (Å²) in [5.74, 6) is 2.83. The summed E-state index contributed by atoms with van der Waals surface area (Å²) in [5, 5.41) is 0. The molecule has 62 valence electrons. The second-order valence-corrected chi connectivity index (χ2v) is 4.33. The van der Waals surface area contributed by atoms with Crippen molar-refractivity contribution in [1.82, 2.24) is 0 Å². The maximum atomic E-state index is 11.4. The van der Waals surface area contributed by atoms with Crippen LogP contribution in [0.2, 0.25) is 0 Å². The maximum Gasteiger partial charge on any atom is 0.159 e. The van der Waals surface area contributed by atoms with E-state index >= 15 is 0 Å². The Morgan fingerprint density at radius 3 is 2.73 bits per heavy atom. The van der Waals surface area contributed by atoms with Gasteiger partial charge in [0.1, 0.15) is 0 Å². The first-order chi connectivity index (χ1) is 5.20. The number of allylic oxidation sites excluding steroid dienone is 2. The molecule has 1 atom stereocenters. The van der Waals surface area contributed by atoms with Gasteiger partial charge in [-0.15, -0.1) is 0 Å². The van der Waals surface area contributed by atoms with Crippen LogP contribution in [0.3, 0.4) is 0 Å². The van der Waals surface area contributed by atoms with Crippen LogP contribution >= 0.6 is 11.8 Å². The molecule has 0 saturated carbocycles. The van der Waals surface area contributed by atoms with Crippen LogP contribution in [0.5, 0.6) is 0 Å². The van der Waals surface area contributed by atoms with Crippen molar-refractivity contribution in [2.75, 3.05) is 11.5 Å². The number of carbonyl (C=O) groups is 1. The van der Waals surface area contributed by atoms with Crippen LogP contribution in [0.1, 0.15) is 20.3 Å².